The molecule has 144 valence electrons. The largest absolute Gasteiger partial charge is 0.451 e. The van der Waals surface area contributed by atoms with Crippen LogP contribution in [0.4, 0.5) is 5.69 Å². The zero-order valence-corrected chi connectivity index (χ0v) is 16.7. The van der Waals surface area contributed by atoms with Gasteiger partial charge in [-0.3, -0.25) is 4.79 Å². The van der Waals surface area contributed by atoms with Crippen LogP contribution in [0.1, 0.15) is 54.8 Å². The van der Waals surface area contributed by atoms with Crippen LogP contribution in [0.2, 0.25) is 0 Å². The van der Waals surface area contributed by atoms with Gasteiger partial charge in [-0.1, -0.05) is 31.2 Å². The normalized spacial score (nSPS) is 18.4. The third-order valence-electron chi connectivity index (χ3n) is 5.69. The topological polar surface area (TPSA) is 57.8 Å². The minimum absolute atomic E-state index is 0.141. The minimum Gasteiger partial charge on any atom is -0.451 e. The monoisotopic (exact) mass is 375 g/mol. The first-order valence-corrected chi connectivity index (χ1v) is 9.55. The van der Waals surface area contributed by atoms with E-state index in [0.29, 0.717) is 11.5 Å². The molecule has 5 heteroatoms. The highest BCUT2D eigenvalue weighted by Crippen LogP contribution is 2.42. The Balaban J connectivity index is 1.49. The first-order valence-electron chi connectivity index (χ1n) is 9.55. The Bertz CT molecular complexity index is 1030. The first-order chi connectivity index (χ1) is 13.3. The molecule has 4 rings (SSSR count). The number of para-hydroxylation sites is 1. The van der Waals surface area contributed by atoms with E-state index < -0.39 is 0 Å². The first kappa shape index (κ1) is 18.3. The van der Waals surface area contributed by atoms with Gasteiger partial charge in [-0.25, -0.2) is 5.43 Å². The van der Waals surface area contributed by atoms with Gasteiger partial charge in [-0.05, 0) is 61.6 Å². The number of hydrogen-bond donors (Lipinski definition) is 1. The van der Waals surface area contributed by atoms with Gasteiger partial charge in [0.2, 0.25) is 0 Å². The van der Waals surface area contributed by atoms with E-state index in [9.17, 15) is 4.79 Å². The van der Waals surface area contributed by atoms with Gasteiger partial charge in [0, 0.05) is 23.7 Å². The molecule has 3 aromatic rings. The number of benzene rings is 2. The van der Waals surface area contributed by atoms with Crippen LogP contribution in [-0.4, -0.2) is 24.7 Å². The molecule has 0 bridgehead atoms. The van der Waals surface area contributed by atoms with Crippen LogP contribution in [0.25, 0.3) is 11.0 Å². The van der Waals surface area contributed by atoms with Gasteiger partial charge >= 0.3 is 5.91 Å². The molecule has 0 spiro atoms. The number of anilines is 1. The molecule has 1 aromatic heterocycles. The molecule has 1 atom stereocenters. The van der Waals surface area contributed by atoms with Crippen LogP contribution < -0.4 is 10.3 Å². The average molecular weight is 375 g/mol. The van der Waals surface area contributed by atoms with Gasteiger partial charge in [0.25, 0.3) is 0 Å². The third kappa shape index (κ3) is 3.28. The van der Waals surface area contributed by atoms with Gasteiger partial charge in [0.15, 0.2) is 5.76 Å². The molecular formula is C23H25N3O2. The molecular weight excluding hydrogens is 350 g/mol. The smallest absolute Gasteiger partial charge is 0.307 e. The molecule has 0 fully saturated rings. The van der Waals surface area contributed by atoms with E-state index in [1.54, 1.807) is 12.3 Å². The zero-order chi connectivity index (χ0) is 19.9. The van der Waals surface area contributed by atoms with Crippen molar-refractivity contribution in [1.29, 1.82) is 0 Å². The molecule has 1 unspecified atom stereocenters. The van der Waals surface area contributed by atoms with Gasteiger partial charge in [0.1, 0.15) is 5.58 Å². The fraction of sp³-hybridized carbons (Fsp3) is 0.304. The van der Waals surface area contributed by atoms with Crippen molar-refractivity contribution in [2.75, 3.05) is 11.9 Å². The molecule has 0 aliphatic carbocycles. The summed E-state index contributed by atoms with van der Waals surface area (Å²) in [5.41, 5.74) is 6.91. The molecule has 1 aliphatic rings. The van der Waals surface area contributed by atoms with Gasteiger partial charge in [-0.15, -0.1) is 0 Å². The summed E-state index contributed by atoms with van der Waals surface area (Å²) in [6.45, 7) is 6.81. The number of amides is 1. The van der Waals surface area contributed by atoms with Crippen LogP contribution in [0.3, 0.4) is 0 Å². The molecule has 1 N–H and O–H groups in total. The number of carbonyl (C=O) groups excluding carboxylic acids is 1. The third-order valence-corrected chi connectivity index (χ3v) is 5.69. The number of hydrazone groups is 1. The van der Waals surface area contributed by atoms with Crippen molar-refractivity contribution in [3.05, 3.63) is 65.4 Å². The number of nitrogens with one attached hydrogen (secondary N) is 1. The van der Waals surface area contributed by atoms with E-state index in [2.05, 4.69) is 55.4 Å². The van der Waals surface area contributed by atoms with E-state index in [4.69, 9.17) is 4.42 Å². The summed E-state index contributed by atoms with van der Waals surface area (Å²) in [6, 6.07) is 15.6. The summed E-state index contributed by atoms with van der Waals surface area (Å²) in [4.78, 5) is 14.6. The van der Waals surface area contributed by atoms with Crippen LogP contribution >= 0.6 is 0 Å². The van der Waals surface area contributed by atoms with Gasteiger partial charge < -0.3 is 9.32 Å². The minimum atomic E-state index is -0.361. The lowest BCUT2D eigenvalue weighted by Crippen LogP contribution is -2.45. The number of nitrogens with zero attached hydrogens (tertiary/aromatic N) is 2. The Morgan fingerprint density at radius 3 is 2.82 bits per heavy atom. The lowest BCUT2D eigenvalue weighted by molar-refractivity contribution is 0.0929. The highest BCUT2D eigenvalue weighted by atomic mass is 16.3. The average Bonchev–Trinajstić information content (AvgIpc) is 3.10. The Kier molecular flexibility index (Phi) is 4.46. The van der Waals surface area contributed by atoms with E-state index >= 15 is 0 Å². The number of hydrogen-bond acceptors (Lipinski definition) is 4. The maximum Gasteiger partial charge on any atom is 0.307 e. The molecule has 2 heterocycles. The molecule has 1 amide bonds. The van der Waals surface area contributed by atoms with Crippen LogP contribution in [-0.2, 0) is 0 Å². The fourth-order valence-corrected chi connectivity index (χ4v) is 3.99. The van der Waals surface area contributed by atoms with Crippen LogP contribution in [0, 0.1) is 0 Å². The summed E-state index contributed by atoms with van der Waals surface area (Å²) in [7, 11) is 2.14. The number of rotatable bonds is 3. The SMILES string of the molecule is CC1CC(C)(C)N(C)c2ccc(/C=N\NC(=O)c3cc4ccccc4o3)cc21. The Morgan fingerprint density at radius 2 is 2.04 bits per heavy atom. The summed E-state index contributed by atoms with van der Waals surface area (Å²) >= 11 is 0. The predicted octanol–water partition coefficient (Wildman–Crippen LogP) is 4.92. The Hall–Kier alpha value is -3.08. The lowest BCUT2D eigenvalue weighted by Gasteiger charge is -2.45. The van der Waals surface area contributed by atoms with Gasteiger partial charge in [-0.2, -0.15) is 5.10 Å². The second-order valence-corrected chi connectivity index (χ2v) is 8.14. The summed E-state index contributed by atoms with van der Waals surface area (Å²) in [5, 5.41) is 5.01. The number of furan rings is 1. The summed E-state index contributed by atoms with van der Waals surface area (Å²) in [5.74, 6) is 0.362. The quantitative estimate of drug-likeness (QED) is 0.522. The maximum atomic E-state index is 12.3. The summed E-state index contributed by atoms with van der Waals surface area (Å²) < 4.78 is 5.56. The van der Waals surface area contributed by atoms with Crippen molar-refractivity contribution in [3.8, 4) is 0 Å². The highest BCUT2D eigenvalue weighted by molar-refractivity contribution is 5.96. The second kappa shape index (κ2) is 6.82. The fourth-order valence-electron chi connectivity index (χ4n) is 3.99. The van der Waals surface area contributed by atoms with E-state index in [1.165, 1.54) is 11.3 Å². The van der Waals surface area contributed by atoms with Crippen LogP contribution in [0.15, 0.2) is 58.0 Å². The molecule has 1 aliphatic heterocycles. The Labute approximate surface area is 165 Å². The molecule has 5 nitrogen and oxygen atoms in total. The Morgan fingerprint density at radius 1 is 1.25 bits per heavy atom. The van der Waals surface area contributed by atoms with Crippen molar-refractivity contribution in [2.45, 2.75) is 38.6 Å². The maximum absolute atomic E-state index is 12.3. The zero-order valence-electron chi connectivity index (χ0n) is 16.7. The van der Waals surface area contributed by atoms with Crippen molar-refractivity contribution in [3.63, 3.8) is 0 Å². The van der Waals surface area contributed by atoms with Crippen molar-refractivity contribution < 1.29 is 9.21 Å². The predicted molar refractivity (Wildman–Crippen MR) is 113 cm³/mol. The van der Waals surface area contributed by atoms with Crippen LogP contribution in [0.5, 0.6) is 0 Å². The molecule has 0 saturated carbocycles. The van der Waals surface area contributed by atoms with E-state index in [-0.39, 0.29) is 17.2 Å². The lowest BCUT2D eigenvalue weighted by atomic mass is 9.80. The molecule has 0 radical (unpaired) electrons. The van der Waals surface area contributed by atoms with E-state index in [0.717, 1.165) is 17.4 Å². The molecule has 2 aromatic carbocycles. The van der Waals surface area contributed by atoms with Crippen molar-refractivity contribution >= 4 is 28.8 Å². The second-order valence-electron chi connectivity index (χ2n) is 8.14. The number of fused-ring (bicyclic) bond motifs is 2. The molecule has 28 heavy (non-hydrogen) atoms. The van der Waals surface area contributed by atoms with E-state index in [1.807, 2.05) is 30.3 Å². The van der Waals surface area contributed by atoms with Gasteiger partial charge in [0.05, 0.1) is 6.21 Å². The standard InChI is InChI=1S/C23H25N3O2/c1-15-13-23(2,3)26(4)19-10-9-16(11-18(15)19)14-24-25-22(27)21-12-17-7-5-6-8-20(17)28-21/h5-12,14-15H,13H2,1-4H3,(H,25,27)/b24-14-. The summed E-state index contributed by atoms with van der Waals surface area (Å²) in [6.07, 6.45) is 2.77. The number of carbonyl (C=O) groups is 1. The van der Waals surface area contributed by atoms with Crippen molar-refractivity contribution in [2.24, 2.45) is 5.10 Å². The molecule has 0 saturated heterocycles. The van der Waals surface area contributed by atoms with Crippen molar-refractivity contribution in [1.82, 2.24) is 5.43 Å². The highest BCUT2D eigenvalue weighted by Gasteiger charge is 2.33.